The minimum atomic E-state index is -0.786. The van der Waals surface area contributed by atoms with E-state index in [9.17, 15) is 14.4 Å². The molecule has 0 aromatic carbocycles. The first-order valence-corrected chi connectivity index (χ1v) is 29.2. The summed E-state index contributed by atoms with van der Waals surface area (Å²) in [5.74, 6) is -0.907. The Balaban J connectivity index is 4.21. The fourth-order valence-electron chi connectivity index (χ4n) is 7.89. The number of hydrogen-bond donors (Lipinski definition) is 0. The van der Waals surface area contributed by atoms with Crippen LogP contribution in [0, 0.1) is 0 Å². The summed E-state index contributed by atoms with van der Waals surface area (Å²) in [6, 6.07) is 0. The van der Waals surface area contributed by atoms with E-state index in [4.69, 9.17) is 14.2 Å². The zero-order valence-corrected chi connectivity index (χ0v) is 45.8. The highest BCUT2D eigenvalue weighted by Crippen LogP contribution is 2.15. The molecule has 0 fully saturated rings. The van der Waals surface area contributed by atoms with E-state index in [1.54, 1.807) is 0 Å². The molecule has 6 nitrogen and oxygen atoms in total. The first kappa shape index (κ1) is 66.3. The summed E-state index contributed by atoms with van der Waals surface area (Å²) in [7, 11) is 0. The maximum atomic E-state index is 12.8. The van der Waals surface area contributed by atoms with Gasteiger partial charge in [0, 0.05) is 19.3 Å². The zero-order chi connectivity index (χ0) is 50.7. The summed E-state index contributed by atoms with van der Waals surface area (Å²) in [5, 5.41) is 0. The molecule has 70 heavy (non-hydrogen) atoms. The Hall–Kier alpha value is -3.67. The van der Waals surface area contributed by atoms with Crippen molar-refractivity contribution in [3.8, 4) is 0 Å². The minimum Gasteiger partial charge on any atom is -0.462 e. The van der Waals surface area contributed by atoms with Crippen molar-refractivity contribution in [2.75, 3.05) is 13.2 Å². The van der Waals surface area contributed by atoms with Gasteiger partial charge in [-0.25, -0.2) is 0 Å². The van der Waals surface area contributed by atoms with E-state index in [0.29, 0.717) is 19.3 Å². The van der Waals surface area contributed by atoms with Crippen molar-refractivity contribution in [2.45, 2.75) is 277 Å². The van der Waals surface area contributed by atoms with Crippen molar-refractivity contribution >= 4 is 17.9 Å². The number of hydrogen-bond acceptors (Lipinski definition) is 6. The molecule has 0 aromatic heterocycles. The molecule has 0 aliphatic carbocycles. The molecule has 0 N–H and O–H groups in total. The van der Waals surface area contributed by atoms with Crippen LogP contribution in [0.1, 0.15) is 271 Å². The normalized spacial score (nSPS) is 12.8. The number of rotatable bonds is 52. The molecule has 0 rings (SSSR count). The van der Waals surface area contributed by atoms with Gasteiger partial charge in [-0.15, -0.1) is 0 Å². The molecule has 0 aliphatic heterocycles. The summed E-state index contributed by atoms with van der Waals surface area (Å²) < 4.78 is 16.8. The maximum absolute atomic E-state index is 12.8. The van der Waals surface area contributed by atoms with Gasteiger partial charge in [-0.3, -0.25) is 14.4 Å². The fourth-order valence-corrected chi connectivity index (χ4v) is 7.89. The van der Waals surface area contributed by atoms with Crippen LogP contribution in [0.5, 0.6) is 0 Å². The van der Waals surface area contributed by atoms with E-state index in [0.717, 1.165) is 116 Å². The molecule has 0 spiro atoms. The van der Waals surface area contributed by atoms with Crippen LogP contribution < -0.4 is 0 Å². The third kappa shape index (κ3) is 55.3. The smallest absolute Gasteiger partial charge is 0.306 e. The predicted molar refractivity (Wildman–Crippen MR) is 302 cm³/mol. The van der Waals surface area contributed by atoms with E-state index in [1.807, 2.05) is 0 Å². The Morgan fingerprint density at radius 1 is 0.300 bits per heavy atom. The molecule has 1 unspecified atom stereocenters. The van der Waals surface area contributed by atoms with E-state index in [-0.39, 0.29) is 31.1 Å². The van der Waals surface area contributed by atoms with E-state index in [2.05, 4.69) is 118 Å². The SMILES string of the molecule is CC/C=C\C/C=C\C/C=C\C/C=C\C/C=C\C/C=C\CCCCCCCCCCCCC(=O)OCC(COC(=O)CCCCCCC/C=C\CCCC)OC(=O)CCCCCCC/C=C\CCCCC. The van der Waals surface area contributed by atoms with Crippen molar-refractivity contribution in [2.24, 2.45) is 0 Å². The molecule has 0 bridgehead atoms. The van der Waals surface area contributed by atoms with E-state index < -0.39 is 6.10 Å². The van der Waals surface area contributed by atoms with Gasteiger partial charge < -0.3 is 14.2 Å². The molecule has 400 valence electrons. The maximum Gasteiger partial charge on any atom is 0.306 e. The number of esters is 3. The Morgan fingerprint density at radius 2 is 0.571 bits per heavy atom. The van der Waals surface area contributed by atoms with Crippen LogP contribution in [-0.2, 0) is 28.6 Å². The number of allylic oxidation sites excluding steroid dienone is 16. The molecule has 0 saturated heterocycles. The van der Waals surface area contributed by atoms with Gasteiger partial charge >= 0.3 is 17.9 Å². The highest BCUT2D eigenvalue weighted by atomic mass is 16.6. The van der Waals surface area contributed by atoms with Crippen LogP contribution in [-0.4, -0.2) is 37.2 Å². The second kappa shape index (κ2) is 57.9. The fraction of sp³-hybridized carbons (Fsp3) is 0.703. The summed E-state index contributed by atoms with van der Waals surface area (Å²) in [6.07, 6.45) is 77.0. The van der Waals surface area contributed by atoms with Crippen molar-refractivity contribution < 1.29 is 28.6 Å². The molecule has 0 radical (unpaired) electrons. The first-order chi connectivity index (χ1) is 34.5. The highest BCUT2D eigenvalue weighted by molar-refractivity contribution is 5.71. The molecule has 1 atom stereocenters. The van der Waals surface area contributed by atoms with Crippen LogP contribution in [0.15, 0.2) is 97.2 Å². The number of ether oxygens (including phenoxy) is 3. The van der Waals surface area contributed by atoms with Gasteiger partial charge in [0.25, 0.3) is 0 Å². The lowest BCUT2D eigenvalue weighted by Gasteiger charge is -2.18. The third-order valence-corrected chi connectivity index (χ3v) is 12.3. The summed E-state index contributed by atoms with van der Waals surface area (Å²) in [6.45, 7) is 6.45. The Bertz CT molecular complexity index is 1400. The van der Waals surface area contributed by atoms with Crippen molar-refractivity contribution in [3.63, 3.8) is 0 Å². The van der Waals surface area contributed by atoms with E-state index >= 15 is 0 Å². The Labute approximate surface area is 432 Å². The summed E-state index contributed by atoms with van der Waals surface area (Å²) in [4.78, 5) is 38.0. The van der Waals surface area contributed by atoms with Crippen LogP contribution in [0.4, 0.5) is 0 Å². The average molecular weight is 974 g/mol. The lowest BCUT2D eigenvalue weighted by molar-refractivity contribution is -0.167. The lowest BCUT2D eigenvalue weighted by atomic mass is 10.1. The van der Waals surface area contributed by atoms with Gasteiger partial charge in [0.1, 0.15) is 13.2 Å². The monoisotopic (exact) mass is 973 g/mol. The molecule has 6 heteroatoms. The van der Waals surface area contributed by atoms with Gasteiger partial charge in [0.05, 0.1) is 0 Å². The zero-order valence-electron chi connectivity index (χ0n) is 45.8. The van der Waals surface area contributed by atoms with Gasteiger partial charge in [0.2, 0.25) is 0 Å². The minimum absolute atomic E-state index is 0.0852. The summed E-state index contributed by atoms with van der Waals surface area (Å²) in [5.41, 5.74) is 0. The standard InChI is InChI=1S/C64H108O6/c1-4-7-10-13-16-19-22-24-25-26-27-28-29-30-31-32-33-34-35-36-37-38-39-40-43-45-48-51-54-57-63(66)69-60-61(59-68-62(65)56-53-50-47-44-41-21-18-15-12-9-6-3)70-64(67)58-55-52-49-46-42-23-20-17-14-11-8-5-2/h7,10,15-20,24-25,27-28,30-31,33-34,61H,4-6,8-9,11-14,21-23,26,29,32,35-60H2,1-3H3/b10-7-,18-15-,19-16-,20-17-,25-24-,28-27-,31-30-,34-33-. The molecule has 0 amide bonds. The molecule has 0 aliphatic rings. The lowest BCUT2D eigenvalue weighted by Crippen LogP contribution is -2.30. The first-order valence-electron chi connectivity index (χ1n) is 29.2. The van der Waals surface area contributed by atoms with Gasteiger partial charge in [-0.1, -0.05) is 234 Å². The number of unbranched alkanes of at least 4 members (excludes halogenated alkanes) is 25. The topological polar surface area (TPSA) is 78.9 Å². The Kier molecular flexibility index (Phi) is 54.9. The van der Waals surface area contributed by atoms with Crippen LogP contribution in [0.25, 0.3) is 0 Å². The molecular formula is C64H108O6. The van der Waals surface area contributed by atoms with Crippen molar-refractivity contribution in [3.05, 3.63) is 97.2 Å². The van der Waals surface area contributed by atoms with Gasteiger partial charge in [-0.05, 0) is 116 Å². The second-order valence-corrected chi connectivity index (χ2v) is 19.2. The largest absolute Gasteiger partial charge is 0.462 e. The quantitative estimate of drug-likeness (QED) is 0.0262. The highest BCUT2D eigenvalue weighted by Gasteiger charge is 2.19. The van der Waals surface area contributed by atoms with Crippen molar-refractivity contribution in [1.82, 2.24) is 0 Å². The number of carbonyl (C=O) groups is 3. The predicted octanol–water partition coefficient (Wildman–Crippen LogP) is 19.7. The number of carbonyl (C=O) groups excluding carboxylic acids is 3. The second-order valence-electron chi connectivity index (χ2n) is 19.2. The average Bonchev–Trinajstić information content (AvgIpc) is 3.36. The molecule has 0 aromatic rings. The van der Waals surface area contributed by atoms with Gasteiger partial charge in [-0.2, -0.15) is 0 Å². The van der Waals surface area contributed by atoms with Gasteiger partial charge in [0.15, 0.2) is 6.10 Å². The van der Waals surface area contributed by atoms with Crippen LogP contribution in [0.3, 0.4) is 0 Å². The van der Waals surface area contributed by atoms with Crippen molar-refractivity contribution in [1.29, 1.82) is 0 Å². The molecular weight excluding hydrogens is 865 g/mol. The van der Waals surface area contributed by atoms with Crippen LogP contribution >= 0.6 is 0 Å². The molecule has 0 heterocycles. The van der Waals surface area contributed by atoms with E-state index in [1.165, 1.54) is 116 Å². The third-order valence-electron chi connectivity index (χ3n) is 12.3. The molecule has 0 saturated carbocycles. The Morgan fingerprint density at radius 3 is 0.929 bits per heavy atom. The van der Waals surface area contributed by atoms with Crippen LogP contribution in [0.2, 0.25) is 0 Å². The summed E-state index contributed by atoms with van der Waals surface area (Å²) >= 11 is 0.